The first kappa shape index (κ1) is 17.5. The molecule has 0 atom stereocenters. The van der Waals surface area contributed by atoms with Gasteiger partial charge in [0, 0.05) is 0 Å². The molecule has 25 heavy (non-hydrogen) atoms. The van der Waals surface area contributed by atoms with Crippen LogP contribution in [0.2, 0.25) is 0 Å². The van der Waals surface area contributed by atoms with Gasteiger partial charge in [0.1, 0.15) is 5.75 Å². The molecule has 1 saturated carbocycles. The second-order valence-corrected chi connectivity index (χ2v) is 6.50. The summed E-state index contributed by atoms with van der Waals surface area (Å²) in [5.41, 5.74) is 1.49. The highest BCUT2D eigenvalue weighted by atomic mass is 19.1. The summed E-state index contributed by atoms with van der Waals surface area (Å²) in [4.78, 5) is 11.4. The molecule has 0 radical (unpaired) electrons. The molecular weight excluding hydrogens is 319 g/mol. The summed E-state index contributed by atoms with van der Waals surface area (Å²) < 4.78 is 24.3. The molecule has 4 heteroatoms. The van der Waals surface area contributed by atoms with E-state index in [4.69, 9.17) is 4.74 Å². The number of ether oxygens (including phenoxy) is 2. The normalized spacial score (nSPS) is 15.4. The van der Waals surface area contributed by atoms with Gasteiger partial charge in [-0.15, -0.1) is 0 Å². The summed E-state index contributed by atoms with van der Waals surface area (Å²) in [6.45, 7) is 0. The number of carbonyl (C=O) groups excluding carboxylic acids is 1. The second kappa shape index (κ2) is 8.15. The zero-order valence-corrected chi connectivity index (χ0v) is 14.5. The minimum atomic E-state index is -0.587. The number of hydrogen-bond donors (Lipinski definition) is 0. The summed E-state index contributed by atoms with van der Waals surface area (Å²) in [7, 11) is 1.26. The fourth-order valence-corrected chi connectivity index (χ4v) is 3.38. The highest BCUT2D eigenvalue weighted by molar-refractivity contribution is 5.89. The molecule has 2 aromatic rings. The van der Waals surface area contributed by atoms with E-state index in [-0.39, 0.29) is 11.3 Å². The first-order valence-electron chi connectivity index (χ1n) is 8.83. The van der Waals surface area contributed by atoms with Crippen molar-refractivity contribution in [2.45, 2.75) is 44.4 Å². The lowest BCUT2D eigenvalue weighted by molar-refractivity contribution is 0.0600. The highest BCUT2D eigenvalue weighted by Crippen LogP contribution is 2.33. The maximum Gasteiger partial charge on any atom is 0.337 e. The number of benzene rings is 2. The van der Waals surface area contributed by atoms with Gasteiger partial charge in [0.15, 0.2) is 11.6 Å². The lowest BCUT2D eigenvalue weighted by Gasteiger charge is -2.15. The lowest BCUT2D eigenvalue weighted by Crippen LogP contribution is -2.02. The van der Waals surface area contributed by atoms with Crippen molar-refractivity contribution in [3.05, 3.63) is 59.4 Å². The van der Waals surface area contributed by atoms with Gasteiger partial charge >= 0.3 is 5.97 Å². The summed E-state index contributed by atoms with van der Waals surface area (Å²) in [6, 6.07) is 12.0. The quantitative estimate of drug-likeness (QED) is 0.517. The second-order valence-electron chi connectivity index (χ2n) is 6.50. The molecular formula is C21H23FO3. The van der Waals surface area contributed by atoms with Crippen LogP contribution >= 0.6 is 0 Å². The third kappa shape index (κ3) is 4.38. The summed E-state index contributed by atoms with van der Waals surface area (Å²) in [6.07, 6.45) is 7.73. The van der Waals surface area contributed by atoms with Crippen LogP contribution in [0.5, 0.6) is 11.5 Å². The fourth-order valence-electron chi connectivity index (χ4n) is 3.38. The van der Waals surface area contributed by atoms with E-state index in [0.29, 0.717) is 11.7 Å². The van der Waals surface area contributed by atoms with E-state index in [1.165, 1.54) is 63.3 Å². The fraction of sp³-hybridized carbons (Fsp3) is 0.381. The van der Waals surface area contributed by atoms with Gasteiger partial charge in [-0.3, -0.25) is 0 Å². The van der Waals surface area contributed by atoms with Crippen LogP contribution in [-0.2, 0) is 4.74 Å². The van der Waals surface area contributed by atoms with Crippen molar-refractivity contribution in [2.24, 2.45) is 0 Å². The molecule has 3 rings (SSSR count). The van der Waals surface area contributed by atoms with Crippen molar-refractivity contribution < 1.29 is 18.7 Å². The number of carbonyl (C=O) groups is 1. The number of methoxy groups -OCH3 is 1. The number of rotatable bonds is 4. The first-order valence-corrected chi connectivity index (χ1v) is 8.83. The van der Waals surface area contributed by atoms with Crippen molar-refractivity contribution in [1.29, 1.82) is 0 Å². The van der Waals surface area contributed by atoms with Crippen LogP contribution in [-0.4, -0.2) is 13.1 Å². The minimum absolute atomic E-state index is 0.0925. The first-order chi connectivity index (χ1) is 12.2. The van der Waals surface area contributed by atoms with Crippen LogP contribution in [0, 0.1) is 5.82 Å². The summed E-state index contributed by atoms with van der Waals surface area (Å²) in [5, 5.41) is 0. The molecule has 1 fully saturated rings. The third-order valence-corrected chi connectivity index (χ3v) is 4.79. The maximum absolute atomic E-state index is 14.1. The molecule has 0 aromatic heterocycles. The molecule has 1 aliphatic rings. The predicted molar refractivity (Wildman–Crippen MR) is 94.7 cm³/mol. The molecule has 0 aliphatic heterocycles. The van der Waals surface area contributed by atoms with Gasteiger partial charge in [-0.2, -0.15) is 0 Å². The Labute approximate surface area is 147 Å². The molecule has 2 aromatic carbocycles. The van der Waals surface area contributed by atoms with Crippen LogP contribution in [0.25, 0.3) is 0 Å². The van der Waals surface area contributed by atoms with E-state index in [0.717, 1.165) is 6.07 Å². The molecule has 132 valence electrons. The summed E-state index contributed by atoms with van der Waals surface area (Å²) >= 11 is 0. The topological polar surface area (TPSA) is 35.5 Å². The molecule has 0 bridgehead atoms. The van der Waals surface area contributed by atoms with Gasteiger partial charge in [0.2, 0.25) is 0 Å². The van der Waals surface area contributed by atoms with E-state index in [1.54, 1.807) is 0 Å². The van der Waals surface area contributed by atoms with Crippen LogP contribution in [0.1, 0.15) is 60.4 Å². The SMILES string of the molecule is COC(=O)c1ccc(Oc2ccc(C3CCCCCC3)cc2)c(F)c1. The average Bonchev–Trinajstić information content (AvgIpc) is 2.93. The van der Waals surface area contributed by atoms with Crippen LogP contribution in [0.3, 0.4) is 0 Å². The number of esters is 1. The average molecular weight is 342 g/mol. The largest absolute Gasteiger partial charge is 0.465 e. The molecule has 3 nitrogen and oxygen atoms in total. The van der Waals surface area contributed by atoms with Crippen molar-refractivity contribution in [3.8, 4) is 11.5 Å². The van der Waals surface area contributed by atoms with Gasteiger partial charge in [-0.05, 0) is 54.7 Å². The molecule has 1 aliphatic carbocycles. The zero-order valence-electron chi connectivity index (χ0n) is 14.5. The molecule has 0 saturated heterocycles. The lowest BCUT2D eigenvalue weighted by atomic mass is 9.92. The van der Waals surface area contributed by atoms with Gasteiger partial charge in [0.25, 0.3) is 0 Å². The van der Waals surface area contributed by atoms with Gasteiger partial charge < -0.3 is 9.47 Å². The maximum atomic E-state index is 14.1. The zero-order chi connectivity index (χ0) is 17.6. The summed E-state index contributed by atoms with van der Waals surface area (Å²) in [5.74, 6) is 0.138. The third-order valence-electron chi connectivity index (χ3n) is 4.79. The van der Waals surface area contributed by atoms with Crippen molar-refractivity contribution in [3.63, 3.8) is 0 Å². The van der Waals surface area contributed by atoms with Crippen LogP contribution in [0.15, 0.2) is 42.5 Å². The van der Waals surface area contributed by atoms with E-state index < -0.39 is 11.8 Å². The Balaban J connectivity index is 1.70. The Morgan fingerprint density at radius 2 is 1.68 bits per heavy atom. The van der Waals surface area contributed by atoms with Gasteiger partial charge in [0.05, 0.1) is 12.7 Å². The van der Waals surface area contributed by atoms with Crippen LogP contribution < -0.4 is 4.74 Å². The standard InChI is InChI=1S/C21H23FO3/c1-24-21(23)17-10-13-20(19(22)14-17)25-18-11-8-16(9-12-18)15-6-4-2-3-5-7-15/h8-15H,2-7H2,1H3. The molecule has 0 heterocycles. The van der Waals surface area contributed by atoms with E-state index in [1.807, 2.05) is 12.1 Å². The Morgan fingerprint density at radius 3 is 2.28 bits per heavy atom. The molecule has 0 unspecified atom stereocenters. The van der Waals surface area contributed by atoms with Crippen LogP contribution in [0.4, 0.5) is 4.39 Å². The Bertz CT molecular complexity index is 716. The van der Waals surface area contributed by atoms with Gasteiger partial charge in [-0.1, -0.05) is 37.8 Å². The minimum Gasteiger partial charge on any atom is -0.465 e. The molecule has 0 spiro atoms. The number of halogens is 1. The Morgan fingerprint density at radius 1 is 1.00 bits per heavy atom. The van der Waals surface area contributed by atoms with Crippen molar-refractivity contribution >= 4 is 5.97 Å². The van der Waals surface area contributed by atoms with Crippen molar-refractivity contribution in [2.75, 3.05) is 7.11 Å². The predicted octanol–water partition coefficient (Wildman–Crippen LogP) is 5.84. The van der Waals surface area contributed by atoms with E-state index >= 15 is 0 Å². The monoisotopic (exact) mass is 342 g/mol. The Hall–Kier alpha value is -2.36. The van der Waals surface area contributed by atoms with E-state index in [2.05, 4.69) is 16.9 Å². The van der Waals surface area contributed by atoms with Gasteiger partial charge in [-0.25, -0.2) is 9.18 Å². The molecule has 0 amide bonds. The molecule has 0 N–H and O–H groups in total. The highest BCUT2D eigenvalue weighted by Gasteiger charge is 2.15. The van der Waals surface area contributed by atoms with Crippen molar-refractivity contribution in [1.82, 2.24) is 0 Å². The Kier molecular flexibility index (Phi) is 5.69. The smallest absolute Gasteiger partial charge is 0.337 e. The number of hydrogen-bond acceptors (Lipinski definition) is 3. The van der Waals surface area contributed by atoms with E-state index in [9.17, 15) is 9.18 Å².